The highest BCUT2D eigenvalue weighted by molar-refractivity contribution is 7.99. The Kier molecular flexibility index (Phi) is 5.57. The van der Waals surface area contributed by atoms with E-state index in [1.54, 1.807) is 24.4 Å². The number of aromatic nitrogens is 1. The predicted molar refractivity (Wildman–Crippen MR) is 103 cm³/mol. The van der Waals surface area contributed by atoms with Crippen molar-refractivity contribution in [3.05, 3.63) is 41.2 Å². The molecule has 7 heteroatoms. The molecular formula is C19H21FN2O2S2. The van der Waals surface area contributed by atoms with E-state index in [4.69, 9.17) is 4.74 Å². The van der Waals surface area contributed by atoms with Crippen LogP contribution in [-0.2, 0) is 4.74 Å². The number of thiazole rings is 1. The molecular weight excluding hydrogens is 371 g/mol. The summed E-state index contributed by atoms with van der Waals surface area (Å²) in [6, 6.07) is 6.79. The van der Waals surface area contributed by atoms with Gasteiger partial charge in [-0.15, -0.1) is 11.3 Å². The van der Waals surface area contributed by atoms with Crippen molar-refractivity contribution in [3.8, 4) is 10.6 Å². The monoisotopic (exact) mass is 392 g/mol. The van der Waals surface area contributed by atoms with Gasteiger partial charge in [-0.05, 0) is 37.1 Å². The van der Waals surface area contributed by atoms with E-state index < -0.39 is 0 Å². The minimum atomic E-state index is -0.316. The molecule has 1 aromatic carbocycles. The van der Waals surface area contributed by atoms with Gasteiger partial charge in [-0.2, -0.15) is 11.8 Å². The van der Waals surface area contributed by atoms with Gasteiger partial charge >= 0.3 is 0 Å². The molecule has 4 nitrogen and oxygen atoms in total. The van der Waals surface area contributed by atoms with Crippen LogP contribution in [0.25, 0.3) is 10.6 Å². The fraction of sp³-hybridized carbons (Fsp3) is 0.474. The van der Waals surface area contributed by atoms with Gasteiger partial charge in [0.05, 0.1) is 12.3 Å². The third-order valence-electron chi connectivity index (χ3n) is 4.85. The molecule has 0 bridgehead atoms. The molecule has 2 aliphatic heterocycles. The van der Waals surface area contributed by atoms with Gasteiger partial charge in [0.2, 0.25) is 0 Å². The Morgan fingerprint density at radius 1 is 1.35 bits per heavy atom. The van der Waals surface area contributed by atoms with Gasteiger partial charge in [0.1, 0.15) is 15.7 Å². The molecule has 138 valence electrons. The van der Waals surface area contributed by atoms with Crippen LogP contribution in [0, 0.1) is 5.82 Å². The molecule has 0 aliphatic carbocycles. The van der Waals surface area contributed by atoms with Crippen molar-refractivity contribution in [1.29, 1.82) is 0 Å². The molecule has 2 aliphatic rings. The molecule has 0 unspecified atom stereocenters. The second-order valence-electron chi connectivity index (χ2n) is 6.62. The van der Waals surface area contributed by atoms with Crippen molar-refractivity contribution in [2.24, 2.45) is 0 Å². The third kappa shape index (κ3) is 3.80. The van der Waals surface area contributed by atoms with Gasteiger partial charge in [-0.3, -0.25) is 4.79 Å². The molecule has 1 aromatic heterocycles. The Bertz CT molecular complexity index is 770. The zero-order valence-electron chi connectivity index (χ0n) is 14.4. The first-order chi connectivity index (χ1) is 12.7. The lowest BCUT2D eigenvalue weighted by atomic mass is 10.1. The van der Waals surface area contributed by atoms with E-state index in [-0.39, 0.29) is 23.9 Å². The smallest absolute Gasteiger partial charge is 0.265 e. The van der Waals surface area contributed by atoms with E-state index in [0.29, 0.717) is 22.0 Å². The lowest BCUT2D eigenvalue weighted by Gasteiger charge is -2.30. The predicted octanol–water partition coefficient (Wildman–Crippen LogP) is 4.08. The van der Waals surface area contributed by atoms with Crippen LogP contribution in [0.2, 0.25) is 0 Å². The molecule has 0 spiro atoms. The van der Waals surface area contributed by atoms with E-state index in [1.807, 2.05) is 16.7 Å². The summed E-state index contributed by atoms with van der Waals surface area (Å²) in [6.07, 6.45) is 4.79. The van der Waals surface area contributed by atoms with Gasteiger partial charge in [0, 0.05) is 30.5 Å². The van der Waals surface area contributed by atoms with Crippen LogP contribution in [0.1, 0.15) is 28.9 Å². The summed E-state index contributed by atoms with van der Waals surface area (Å²) in [6.45, 7) is 1.42. The molecule has 1 amide bonds. The molecule has 3 heterocycles. The first-order valence-electron chi connectivity index (χ1n) is 8.93. The molecule has 0 saturated carbocycles. The minimum absolute atomic E-state index is 0.00640. The summed E-state index contributed by atoms with van der Waals surface area (Å²) >= 11 is 3.15. The van der Waals surface area contributed by atoms with Crippen LogP contribution < -0.4 is 0 Å². The molecule has 2 saturated heterocycles. The Morgan fingerprint density at radius 3 is 2.96 bits per heavy atom. The number of rotatable bonds is 5. The van der Waals surface area contributed by atoms with Gasteiger partial charge in [0.25, 0.3) is 5.91 Å². The maximum Gasteiger partial charge on any atom is 0.265 e. The standard InChI is InChI=1S/C19H21FN2O2S2/c20-16-6-2-1-5-15(16)18-21-10-17(26-18)19(23)22(13-7-9-25-12-13)11-14-4-3-8-24-14/h1-2,5-6,10,13-14H,3-4,7-9,11-12H2/t13-,14+/m0/s1. The molecule has 26 heavy (non-hydrogen) atoms. The highest BCUT2D eigenvalue weighted by atomic mass is 32.2. The fourth-order valence-electron chi connectivity index (χ4n) is 3.45. The van der Waals surface area contributed by atoms with Crippen molar-refractivity contribution in [1.82, 2.24) is 9.88 Å². The van der Waals surface area contributed by atoms with Crippen molar-refractivity contribution in [3.63, 3.8) is 0 Å². The maximum absolute atomic E-state index is 14.0. The molecule has 4 rings (SSSR count). The molecule has 2 aromatic rings. The molecule has 0 N–H and O–H groups in total. The first-order valence-corrected chi connectivity index (χ1v) is 10.9. The SMILES string of the molecule is O=C(c1cnc(-c2ccccc2F)s1)N(C[C@H]1CCCO1)[C@H]1CCSC1. The van der Waals surface area contributed by atoms with Gasteiger partial charge in [-0.1, -0.05) is 12.1 Å². The normalized spacial score (nSPS) is 22.7. The number of ether oxygens (including phenoxy) is 1. The summed E-state index contributed by atoms with van der Waals surface area (Å²) in [5.41, 5.74) is 0.443. The van der Waals surface area contributed by atoms with Crippen LogP contribution in [-0.4, -0.2) is 52.6 Å². The van der Waals surface area contributed by atoms with Crippen LogP contribution >= 0.6 is 23.1 Å². The second-order valence-corrected chi connectivity index (χ2v) is 8.80. The molecule has 2 fully saturated rings. The van der Waals surface area contributed by atoms with Gasteiger partial charge in [-0.25, -0.2) is 9.37 Å². The molecule has 2 atom stereocenters. The van der Waals surface area contributed by atoms with Crippen molar-refractivity contribution < 1.29 is 13.9 Å². The summed E-state index contributed by atoms with van der Waals surface area (Å²) in [4.78, 5) is 20.0. The van der Waals surface area contributed by atoms with Gasteiger partial charge in [0.15, 0.2) is 0 Å². The quantitative estimate of drug-likeness (QED) is 0.769. The summed E-state index contributed by atoms with van der Waals surface area (Å²) < 4.78 is 19.8. The number of halogens is 1. The number of nitrogens with zero attached hydrogens (tertiary/aromatic N) is 2. The summed E-state index contributed by atoms with van der Waals surface area (Å²) in [5, 5.41) is 0.546. The highest BCUT2D eigenvalue weighted by Gasteiger charge is 2.32. The van der Waals surface area contributed by atoms with Crippen LogP contribution in [0.5, 0.6) is 0 Å². The average Bonchev–Trinajstić information content (AvgIpc) is 3.41. The number of hydrogen-bond donors (Lipinski definition) is 0. The lowest BCUT2D eigenvalue weighted by molar-refractivity contribution is 0.0445. The third-order valence-corrected chi connectivity index (χ3v) is 7.02. The Hall–Kier alpha value is -1.44. The highest BCUT2D eigenvalue weighted by Crippen LogP contribution is 2.30. The Balaban J connectivity index is 1.56. The zero-order chi connectivity index (χ0) is 17.9. The average molecular weight is 393 g/mol. The Morgan fingerprint density at radius 2 is 2.23 bits per heavy atom. The van der Waals surface area contributed by atoms with Crippen molar-refractivity contribution in [2.45, 2.75) is 31.4 Å². The van der Waals surface area contributed by atoms with Crippen LogP contribution in [0.4, 0.5) is 4.39 Å². The number of benzene rings is 1. The lowest BCUT2D eigenvalue weighted by Crippen LogP contribution is -2.44. The van der Waals surface area contributed by atoms with E-state index >= 15 is 0 Å². The summed E-state index contributed by atoms with van der Waals surface area (Å²) in [5.74, 6) is 1.73. The number of carbonyl (C=O) groups is 1. The van der Waals surface area contributed by atoms with Crippen LogP contribution in [0.15, 0.2) is 30.5 Å². The van der Waals surface area contributed by atoms with E-state index in [2.05, 4.69) is 4.98 Å². The summed E-state index contributed by atoms with van der Waals surface area (Å²) in [7, 11) is 0. The first kappa shape index (κ1) is 17.9. The van der Waals surface area contributed by atoms with E-state index in [9.17, 15) is 9.18 Å². The largest absolute Gasteiger partial charge is 0.376 e. The van der Waals surface area contributed by atoms with E-state index in [1.165, 1.54) is 17.4 Å². The number of thioether (sulfide) groups is 1. The van der Waals surface area contributed by atoms with Crippen molar-refractivity contribution in [2.75, 3.05) is 24.7 Å². The number of amides is 1. The fourth-order valence-corrected chi connectivity index (χ4v) is 5.57. The Labute approximate surface area is 160 Å². The second kappa shape index (κ2) is 8.06. The van der Waals surface area contributed by atoms with Crippen molar-refractivity contribution >= 4 is 29.0 Å². The number of carbonyl (C=O) groups excluding carboxylic acids is 1. The molecule has 0 radical (unpaired) electrons. The van der Waals surface area contributed by atoms with Crippen LogP contribution in [0.3, 0.4) is 0 Å². The minimum Gasteiger partial charge on any atom is -0.376 e. The topological polar surface area (TPSA) is 42.4 Å². The van der Waals surface area contributed by atoms with Gasteiger partial charge < -0.3 is 9.64 Å². The van der Waals surface area contributed by atoms with E-state index in [0.717, 1.165) is 37.4 Å². The maximum atomic E-state index is 14.0. The zero-order valence-corrected chi connectivity index (χ0v) is 16.0. The number of hydrogen-bond acceptors (Lipinski definition) is 5.